The van der Waals surface area contributed by atoms with Crippen LogP contribution in [-0.4, -0.2) is 128 Å². The molecule has 0 bridgehead atoms. The molecule has 0 spiro atoms. The lowest BCUT2D eigenvalue weighted by Crippen LogP contribution is -2.58. The van der Waals surface area contributed by atoms with Crippen LogP contribution in [0.15, 0.2) is 102 Å². The second-order valence-corrected chi connectivity index (χ2v) is 20.3. The molecule has 2 aliphatic heterocycles. The summed E-state index contributed by atoms with van der Waals surface area (Å²) in [5.41, 5.74) is 9.85. The Balaban J connectivity index is 0.880. The number of para-hydroxylation sites is 1. The van der Waals surface area contributed by atoms with E-state index in [1.54, 1.807) is 73.7 Å². The third kappa shape index (κ3) is 15.0. The Labute approximate surface area is 447 Å². The highest BCUT2D eigenvalue weighted by molar-refractivity contribution is 8.76. The Bertz CT molecular complexity index is 3110. The molecule has 2 aromatic heterocycles. The maximum absolute atomic E-state index is 13.7. The molecule has 0 saturated carbocycles. The first-order valence-corrected chi connectivity index (χ1v) is 26.6. The number of carboxylic acid groups (broad SMARTS) is 2. The van der Waals surface area contributed by atoms with Gasteiger partial charge in [0.05, 0.1) is 35.4 Å². The van der Waals surface area contributed by atoms with Crippen molar-refractivity contribution < 1.29 is 67.6 Å². The number of nitrogens with one attached hydrogen (secondary N) is 5. The van der Waals surface area contributed by atoms with Gasteiger partial charge < -0.3 is 61.3 Å². The standard InChI is InChI=1S/C52H54N8O15S2/c1-2-41(61)55-37(20-29-13-7-4-8-14-29)47(66)58-36(19-28-11-5-3-6-12-28)46(65)54-24-34(53)45(64)57-38(23-42(62)63)48(67)59-39(50(69)70)27-77-76-18-17-73-52(72)75-44-32-22-40-43-31(21-30-15-9-10-16-35(30)56-43)25-60(40)49(68)33(32)26-74-51(44)71/h3-16,21-22,34,36-39,44H,2,17-20,23-27,53H2,1H3,(H,54,65)(H,55,61)(H,57,64)(H,58,66)(H,59,67)(H,62,63)(H,69,70)/t34-,36-,37-,38-,39-,44-/m0/s1. The largest absolute Gasteiger partial charge is 0.509 e. The number of carboxylic acids is 2. The summed E-state index contributed by atoms with van der Waals surface area (Å²) in [5.74, 6) is -8.20. The molecule has 3 aromatic carbocycles. The van der Waals surface area contributed by atoms with Crippen LogP contribution in [0.1, 0.15) is 53.7 Å². The van der Waals surface area contributed by atoms with Crippen LogP contribution in [0.3, 0.4) is 0 Å². The number of fused-ring (bicyclic) bond motifs is 5. The number of nitrogens with zero attached hydrogens (tertiary/aromatic N) is 2. The minimum atomic E-state index is -1.81. The molecule has 5 amide bonds. The van der Waals surface area contributed by atoms with Crippen molar-refractivity contribution in [3.63, 3.8) is 0 Å². The molecular formula is C52H54N8O15S2. The van der Waals surface area contributed by atoms with Crippen LogP contribution in [0.4, 0.5) is 4.79 Å². The number of rotatable bonds is 25. The summed E-state index contributed by atoms with van der Waals surface area (Å²) in [7, 11) is 1.98. The first kappa shape index (κ1) is 56.4. The average molecular weight is 1100 g/mol. The summed E-state index contributed by atoms with van der Waals surface area (Å²) in [6.07, 6.45) is -3.62. The van der Waals surface area contributed by atoms with Gasteiger partial charge in [-0.1, -0.05) is 107 Å². The van der Waals surface area contributed by atoms with E-state index in [1.165, 1.54) is 4.57 Å². The number of cyclic esters (lactones) is 1. The molecule has 0 saturated heterocycles. The van der Waals surface area contributed by atoms with Crippen LogP contribution in [-0.2, 0) is 78.6 Å². The number of hydrogen-bond donors (Lipinski definition) is 8. The van der Waals surface area contributed by atoms with Crippen molar-refractivity contribution in [2.45, 2.75) is 82.1 Å². The molecule has 0 radical (unpaired) electrons. The third-order valence-corrected chi connectivity index (χ3v) is 14.6. The highest BCUT2D eigenvalue weighted by atomic mass is 33.1. The van der Waals surface area contributed by atoms with Gasteiger partial charge in [0.2, 0.25) is 35.6 Å². The Morgan fingerprint density at radius 2 is 1.40 bits per heavy atom. The molecule has 404 valence electrons. The number of hydrogen-bond acceptors (Lipinski definition) is 17. The number of pyridine rings is 2. The van der Waals surface area contributed by atoms with E-state index < -0.39 is 108 Å². The lowest BCUT2D eigenvalue weighted by molar-refractivity contribution is -0.159. The van der Waals surface area contributed by atoms with Crippen LogP contribution >= 0.6 is 21.6 Å². The number of benzene rings is 3. The predicted molar refractivity (Wildman–Crippen MR) is 280 cm³/mol. The van der Waals surface area contributed by atoms with E-state index in [0.29, 0.717) is 22.5 Å². The number of aliphatic carboxylic acids is 2. The Morgan fingerprint density at radius 1 is 0.779 bits per heavy atom. The first-order chi connectivity index (χ1) is 37.0. The van der Waals surface area contributed by atoms with Crippen molar-refractivity contribution >= 4 is 86.1 Å². The van der Waals surface area contributed by atoms with Gasteiger partial charge in [-0.2, -0.15) is 0 Å². The highest BCUT2D eigenvalue weighted by Crippen LogP contribution is 2.36. The van der Waals surface area contributed by atoms with Gasteiger partial charge in [0, 0.05) is 53.8 Å². The molecule has 7 rings (SSSR count). The number of nitrogens with two attached hydrogens (primary N) is 1. The zero-order valence-corrected chi connectivity index (χ0v) is 42.9. The van der Waals surface area contributed by atoms with Crippen molar-refractivity contribution in [2.75, 3.05) is 24.7 Å². The van der Waals surface area contributed by atoms with Gasteiger partial charge in [0.15, 0.2) is 0 Å². The smallest absolute Gasteiger partial charge is 0.481 e. The lowest BCUT2D eigenvalue weighted by Gasteiger charge is -2.24. The number of esters is 1. The Kier molecular flexibility index (Phi) is 19.4. The maximum Gasteiger partial charge on any atom is 0.509 e. The molecular weight excluding hydrogens is 1040 g/mol. The van der Waals surface area contributed by atoms with Crippen molar-refractivity contribution in [2.24, 2.45) is 5.73 Å². The Morgan fingerprint density at radius 3 is 2.06 bits per heavy atom. The summed E-state index contributed by atoms with van der Waals surface area (Å²) in [4.78, 5) is 134. The molecule has 9 N–H and O–H groups in total. The zero-order valence-electron chi connectivity index (χ0n) is 41.3. The van der Waals surface area contributed by atoms with E-state index in [0.717, 1.165) is 38.1 Å². The minimum absolute atomic E-state index is 0.00000830. The van der Waals surface area contributed by atoms with Gasteiger partial charge in [0.1, 0.15) is 43.4 Å². The number of carbonyl (C=O) groups excluding carboxylic acids is 7. The van der Waals surface area contributed by atoms with Crippen molar-refractivity contribution in [1.82, 2.24) is 36.1 Å². The molecule has 25 heteroatoms. The maximum atomic E-state index is 13.7. The van der Waals surface area contributed by atoms with E-state index in [4.69, 9.17) is 24.9 Å². The van der Waals surface area contributed by atoms with Gasteiger partial charge in [-0.3, -0.25) is 33.6 Å². The predicted octanol–water partition coefficient (Wildman–Crippen LogP) is 1.90. The number of ether oxygens (including phenoxy) is 3. The van der Waals surface area contributed by atoms with Gasteiger partial charge in [-0.25, -0.2) is 19.4 Å². The molecule has 23 nitrogen and oxygen atoms in total. The second-order valence-electron chi connectivity index (χ2n) is 17.7. The van der Waals surface area contributed by atoms with Gasteiger partial charge in [-0.05, 0) is 29.3 Å². The molecule has 0 fully saturated rings. The average Bonchev–Trinajstić information content (AvgIpc) is 3.84. The van der Waals surface area contributed by atoms with Crippen LogP contribution in [0.5, 0.6) is 0 Å². The third-order valence-electron chi connectivity index (χ3n) is 12.2. The van der Waals surface area contributed by atoms with Crippen LogP contribution in [0.25, 0.3) is 22.3 Å². The summed E-state index contributed by atoms with van der Waals surface area (Å²) in [6, 6.07) is 21.4. The van der Waals surface area contributed by atoms with Crippen LogP contribution in [0.2, 0.25) is 0 Å². The van der Waals surface area contributed by atoms with E-state index in [2.05, 4.69) is 26.6 Å². The van der Waals surface area contributed by atoms with E-state index in [1.807, 2.05) is 30.3 Å². The summed E-state index contributed by atoms with van der Waals surface area (Å²) in [6.45, 7) is 0.722. The van der Waals surface area contributed by atoms with Crippen molar-refractivity contribution in [3.05, 3.63) is 135 Å². The molecule has 2 aliphatic rings. The number of aromatic nitrogens is 2. The van der Waals surface area contributed by atoms with Crippen molar-refractivity contribution in [3.8, 4) is 11.4 Å². The van der Waals surface area contributed by atoms with E-state index >= 15 is 0 Å². The lowest BCUT2D eigenvalue weighted by atomic mass is 10.00. The molecule has 0 unspecified atom stereocenters. The summed E-state index contributed by atoms with van der Waals surface area (Å²) in [5, 5.41) is 32.7. The fraction of sp³-hybridized carbons (Fsp3) is 0.327. The fourth-order valence-electron chi connectivity index (χ4n) is 8.26. The monoisotopic (exact) mass is 1090 g/mol. The normalized spacial score (nSPS) is 15.1. The number of carbonyl (C=O) groups is 9. The molecule has 4 heterocycles. The first-order valence-electron chi connectivity index (χ1n) is 24.2. The zero-order chi connectivity index (χ0) is 55.2. The second kappa shape index (κ2) is 26.5. The van der Waals surface area contributed by atoms with Gasteiger partial charge >= 0.3 is 24.1 Å². The van der Waals surface area contributed by atoms with Crippen LogP contribution < -0.4 is 37.9 Å². The van der Waals surface area contributed by atoms with E-state index in [9.17, 15) is 58.2 Å². The highest BCUT2D eigenvalue weighted by Gasteiger charge is 2.38. The summed E-state index contributed by atoms with van der Waals surface area (Å²) >= 11 is 0. The van der Waals surface area contributed by atoms with Crippen molar-refractivity contribution in [1.29, 1.82) is 0 Å². The topological polar surface area (TPSA) is 343 Å². The quantitative estimate of drug-likeness (QED) is 0.0230. The Hall–Kier alpha value is -8.29. The fourth-order valence-corrected chi connectivity index (χ4v) is 10.2. The number of amides is 5. The summed E-state index contributed by atoms with van der Waals surface area (Å²) < 4.78 is 17.2. The van der Waals surface area contributed by atoms with Gasteiger partial charge in [-0.15, -0.1) is 0 Å². The molecule has 5 aromatic rings. The van der Waals surface area contributed by atoms with E-state index in [-0.39, 0.29) is 61.7 Å². The minimum Gasteiger partial charge on any atom is -0.481 e. The van der Waals surface area contributed by atoms with Crippen LogP contribution in [0, 0.1) is 0 Å². The van der Waals surface area contributed by atoms with Gasteiger partial charge in [0.25, 0.3) is 5.56 Å². The molecule has 77 heavy (non-hydrogen) atoms. The molecule has 6 atom stereocenters. The molecule has 0 aliphatic carbocycles. The SMILES string of the molecule is CCC(=O)N[C@@H](Cc1ccccc1)C(=O)N[C@@H](Cc1ccccc1)C(=O)NC[C@H](N)C(=O)N[C@@H](CC(=O)O)C(=O)N[C@@H](CSSCCOC(=O)O[C@@H]1C(=O)OCc2c1cc1n(c2=O)Cc2cc3ccccc3nc2-1)C(=O)O.